The van der Waals surface area contributed by atoms with E-state index in [1.165, 1.54) is 0 Å². The summed E-state index contributed by atoms with van der Waals surface area (Å²) in [6.45, 7) is 4.16. The summed E-state index contributed by atoms with van der Waals surface area (Å²) in [6, 6.07) is 18.3. The van der Waals surface area contributed by atoms with E-state index in [9.17, 15) is 15.0 Å². The third kappa shape index (κ3) is 4.23. The summed E-state index contributed by atoms with van der Waals surface area (Å²) in [4.78, 5) is 16.3. The fraction of sp³-hybridized carbons (Fsp3) is 0.231. The van der Waals surface area contributed by atoms with E-state index >= 15 is 0 Å². The average molecular weight is 415 g/mol. The predicted octanol–water partition coefficient (Wildman–Crippen LogP) is 5.43. The number of carboxylic acid groups (broad SMARTS) is 1. The van der Waals surface area contributed by atoms with Crippen LogP contribution in [0.4, 0.5) is 0 Å². The molecule has 31 heavy (non-hydrogen) atoms. The highest BCUT2D eigenvalue weighted by atomic mass is 16.4. The molecule has 0 spiro atoms. The highest BCUT2D eigenvalue weighted by molar-refractivity contribution is 5.96. The van der Waals surface area contributed by atoms with Crippen LogP contribution in [0.15, 0.2) is 66.9 Å². The average Bonchev–Trinajstić information content (AvgIpc) is 3.19. The van der Waals surface area contributed by atoms with Gasteiger partial charge in [0.05, 0.1) is 17.0 Å². The van der Waals surface area contributed by atoms with Gasteiger partial charge in [0.2, 0.25) is 0 Å². The third-order valence-electron chi connectivity index (χ3n) is 5.56. The summed E-state index contributed by atoms with van der Waals surface area (Å²) in [6.07, 6.45) is 4.31. The molecule has 2 aromatic carbocycles. The zero-order valence-corrected chi connectivity index (χ0v) is 17.7. The molecule has 0 aliphatic rings. The first-order chi connectivity index (χ1) is 15.0. The minimum Gasteiger partial charge on any atom is -0.478 e. The number of carboxylic acids is 1. The highest BCUT2D eigenvalue weighted by Crippen LogP contribution is 2.29. The maximum Gasteiger partial charge on any atom is 0.336 e. The monoisotopic (exact) mass is 414 g/mol. The number of hydrogen-bond donors (Lipinski definition) is 2. The van der Waals surface area contributed by atoms with Gasteiger partial charge >= 0.3 is 5.97 Å². The van der Waals surface area contributed by atoms with E-state index in [0.29, 0.717) is 5.56 Å². The molecule has 0 saturated carbocycles. The summed E-state index contributed by atoms with van der Waals surface area (Å²) in [7, 11) is 0. The van der Waals surface area contributed by atoms with Gasteiger partial charge in [0.1, 0.15) is 11.8 Å². The van der Waals surface area contributed by atoms with Gasteiger partial charge < -0.3 is 14.6 Å². The number of aromatic carboxylic acids is 1. The first-order valence-corrected chi connectivity index (χ1v) is 10.6. The number of unbranched alkanes of at least 4 members (excludes halogenated alkanes) is 1. The van der Waals surface area contributed by atoms with Crippen LogP contribution in [0.25, 0.3) is 16.8 Å². The summed E-state index contributed by atoms with van der Waals surface area (Å²) in [5.74, 6) is -0.958. The van der Waals surface area contributed by atoms with E-state index in [-0.39, 0.29) is 5.56 Å². The predicted molar refractivity (Wildman–Crippen MR) is 121 cm³/mol. The minimum absolute atomic E-state index is 0.259. The Morgan fingerprint density at radius 2 is 1.84 bits per heavy atom. The second-order valence-electron chi connectivity index (χ2n) is 7.90. The molecule has 2 N–H and O–H groups in total. The molecule has 0 aliphatic heterocycles. The SMILES string of the molecule is CCCCc1cn2c(C(O)c3ccc(-c4ccccc4C(=O)O)cc3)cc(C)cc2n1. The molecule has 0 amide bonds. The lowest BCUT2D eigenvalue weighted by atomic mass is 9.97. The van der Waals surface area contributed by atoms with Gasteiger partial charge in [0.25, 0.3) is 0 Å². The van der Waals surface area contributed by atoms with Crippen molar-refractivity contribution in [3.05, 3.63) is 94.9 Å². The number of imidazole rings is 1. The molecule has 0 radical (unpaired) electrons. The number of benzene rings is 2. The lowest BCUT2D eigenvalue weighted by Crippen LogP contribution is -2.06. The lowest BCUT2D eigenvalue weighted by Gasteiger charge is -2.15. The molecule has 4 aromatic rings. The smallest absolute Gasteiger partial charge is 0.336 e. The Morgan fingerprint density at radius 1 is 1.10 bits per heavy atom. The van der Waals surface area contributed by atoms with E-state index in [4.69, 9.17) is 4.98 Å². The van der Waals surface area contributed by atoms with Crippen molar-refractivity contribution in [2.24, 2.45) is 0 Å². The number of fused-ring (bicyclic) bond motifs is 1. The molecule has 2 aromatic heterocycles. The van der Waals surface area contributed by atoms with Gasteiger partial charge in [-0.2, -0.15) is 0 Å². The molecular weight excluding hydrogens is 388 g/mol. The Morgan fingerprint density at radius 3 is 2.55 bits per heavy atom. The number of aliphatic hydroxyl groups is 1. The molecule has 0 aliphatic carbocycles. The molecule has 158 valence electrons. The summed E-state index contributed by atoms with van der Waals surface area (Å²) < 4.78 is 1.97. The van der Waals surface area contributed by atoms with Gasteiger partial charge in [-0.05, 0) is 60.2 Å². The molecule has 1 atom stereocenters. The molecule has 2 heterocycles. The van der Waals surface area contributed by atoms with E-state index in [1.54, 1.807) is 18.2 Å². The van der Waals surface area contributed by atoms with E-state index in [0.717, 1.165) is 53.0 Å². The highest BCUT2D eigenvalue weighted by Gasteiger charge is 2.17. The molecule has 5 nitrogen and oxygen atoms in total. The largest absolute Gasteiger partial charge is 0.478 e. The van der Waals surface area contributed by atoms with Gasteiger partial charge in [-0.3, -0.25) is 0 Å². The van der Waals surface area contributed by atoms with Crippen LogP contribution in [0, 0.1) is 6.92 Å². The normalized spacial score (nSPS) is 12.2. The minimum atomic E-state index is -0.958. The van der Waals surface area contributed by atoms with Gasteiger partial charge in [-0.1, -0.05) is 55.8 Å². The molecule has 0 fully saturated rings. The first kappa shape index (κ1) is 20.8. The van der Waals surface area contributed by atoms with Crippen LogP contribution in [-0.4, -0.2) is 25.6 Å². The standard InChI is InChI=1S/C26H26N2O3/c1-3-4-7-20-16-28-23(14-17(2)15-24(28)27-20)25(29)19-12-10-18(11-13-19)21-8-5-6-9-22(21)26(30)31/h5-6,8-16,25,29H,3-4,7H2,1-2H3,(H,30,31). The number of hydrogen-bond acceptors (Lipinski definition) is 3. The Balaban J connectivity index is 1.69. The van der Waals surface area contributed by atoms with Crippen molar-refractivity contribution in [1.29, 1.82) is 0 Å². The Kier molecular flexibility index (Phi) is 5.87. The Labute approximate surface area is 181 Å². The fourth-order valence-corrected chi connectivity index (χ4v) is 3.93. The van der Waals surface area contributed by atoms with E-state index in [2.05, 4.69) is 6.92 Å². The van der Waals surface area contributed by atoms with Crippen LogP contribution in [0.2, 0.25) is 0 Å². The topological polar surface area (TPSA) is 74.8 Å². The first-order valence-electron chi connectivity index (χ1n) is 10.6. The number of pyridine rings is 1. The van der Waals surface area contributed by atoms with Gasteiger partial charge in [0.15, 0.2) is 0 Å². The summed E-state index contributed by atoms with van der Waals surface area (Å²) >= 11 is 0. The Bertz CT molecular complexity index is 1230. The molecule has 1 unspecified atom stereocenters. The van der Waals surface area contributed by atoms with Crippen molar-refractivity contribution < 1.29 is 15.0 Å². The number of rotatable bonds is 7. The zero-order chi connectivity index (χ0) is 22.0. The number of carbonyl (C=O) groups is 1. The molecule has 0 bridgehead atoms. The van der Waals surface area contributed by atoms with E-state index in [1.807, 2.05) is 60.0 Å². The Hall–Kier alpha value is -3.44. The van der Waals surface area contributed by atoms with Crippen LogP contribution in [0.1, 0.15) is 58.7 Å². The number of aromatic nitrogens is 2. The number of aryl methyl sites for hydroxylation is 2. The van der Waals surface area contributed by atoms with Crippen molar-refractivity contribution in [2.45, 2.75) is 39.2 Å². The van der Waals surface area contributed by atoms with Crippen LogP contribution in [0.3, 0.4) is 0 Å². The molecular formula is C26H26N2O3. The van der Waals surface area contributed by atoms with Gasteiger partial charge in [-0.25, -0.2) is 9.78 Å². The zero-order valence-electron chi connectivity index (χ0n) is 17.7. The molecule has 5 heteroatoms. The number of nitrogens with zero attached hydrogens (tertiary/aromatic N) is 2. The maximum absolute atomic E-state index is 11.5. The second-order valence-corrected chi connectivity index (χ2v) is 7.90. The van der Waals surface area contributed by atoms with Gasteiger partial charge in [0, 0.05) is 6.20 Å². The second kappa shape index (κ2) is 8.74. The molecule has 4 rings (SSSR count). The summed E-state index contributed by atoms with van der Waals surface area (Å²) in [5, 5.41) is 20.6. The summed E-state index contributed by atoms with van der Waals surface area (Å²) in [5.41, 5.74) is 6.14. The molecule has 0 saturated heterocycles. The number of aliphatic hydroxyl groups excluding tert-OH is 1. The van der Waals surface area contributed by atoms with E-state index < -0.39 is 12.1 Å². The third-order valence-corrected chi connectivity index (χ3v) is 5.56. The maximum atomic E-state index is 11.5. The quantitative estimate of drug-likeness (QED) is 0.423. The van der Waals surface area contributed by atoms with Crippen molar-refractivity contribution in [1.82, 2.24) is 9.38 Å². The van der Waals surface area contributed by atoms with Gasteiger partial charge in [-0.15, -0.1) is 0 Å². The lowest BCUT2D eigenvalue weighted by molar-refractivity contribution is 0.0697. The van der Waals surface area contributed by atoms with Crippen LogP contribution >= 0.6 is 0 Å². The van der Waals surface area contributed by atoms with Crippen LogP contribution in [-0.2, 0) is 6.42 Å². The van der Waals surface area contributed by atoms with Crippen LogP contribution in [0.5, 0.6) is 0 Å². The van der Waals surface area contributed by atoms with Crippen molar-refractivity contribution in [3.63, 3.8) is 0 Å². The van der Waals surface area contributed by atoms with Crippen molar-refractivity contribution >= 4 is 11.6 Å². The van der Waals surface area contributed by atoms with Crippen molar-refractivity contribution in [2.75, 3.05) is 0 Å². The fourth-order valence-electron chi connectivity index (χ4n) is 3.93. The van der Waals surface area contributed by atoms with Crippen LogP contribution < -0.4 is 0 Å². The van der Waals surface area contributed by atoms with Crippen molar-refractivity contribution in [3.8, 4) is 11.1 Å².